The van der Waals surface area contributed by atoms with Crippen LogP contribution >= 0.6 is 0 Å². The van der Waals surface area contributed by atoms with Crippen molar-refractivity contribution in [1.82, 2.24) is 9.97 Å². The molecule has 0 radical (unpaired) electrons. The van der Waals surface area contributed by atoms with Crippen molar-refractivity contribution in [3.05, 3.63) is 10.1 Å². The van der Waals surface area contributed by atoms with Crippen LogP contribution in [0.5, 0.6) is 0 Å². The summed E-state index contributed by atoms with van der Waals surface area (Å²) in [5, 5.41) is 11.4. The lowest BCUT2D eigenvalue weighted by Gasteiger charge is -2.35. The third kappa shape index (κ3) is 3.14. The van der Waals surface area contributed by atoms with Gasteiger partial charge < -0.3 is 20.3 Å². The summed E-state index contributed by atoms with van der Waals surface area (Å²) in [4.78, 5) is 23.5. The molecule has 0 saturated carbocycles. The van der Waals surface area contributed by atoms with Gasteiger partial charge in [-0.3, -0.25) is 10.1 Å². The zero-order chi connectivity index (χ0) is 16.6. The van der Waals surface area contributed by atoms with Crippen molar-refractivity contribution in [2.45, 2.75) is 38.9 Å². The van der Waals surface area contributed by atoms with Crippen molar-refractivity contribution >= 4 is 23.3 Å². The number of ether oxygens (including phenoxy) is 1. The first-order chi connectivity index (χ1) is 11.0. The highest BCUT2D eigenvalue weighted by Gasteiger charge is 2.31. The Hall–Kier alpha value is -2.16. The first kappa shape index (κ1) is 15.7. The molecule has 2 saturated heterocycles. The third-order valence-corrected chi connectivity index (χ3v) is 4.17. The Morgan fingerprint density at radius 3 is 2.35 bits per heavy atom. The average molecular weight is 322 g/mol. The van der Waals surface area contributed by atoms with Gasteiger partial charge in [0.2, 0.25) is 17.6 Å². The smallest absolute Gasteiger partial charge is 0.353 e. The molecular formula is C14H22N6O3. The van der Waals surface area contributed by atoms with Gasteiger partial charge in [0.1, 0.15) is 0 Å². The van der Waals surface area contributed by atoms with E-state index in [2.05, 4.69) is 9.97 Å². The van der Waals surface area contributed by atoms with Gasteiger partial charge in [0.05, 0.1) is 17.1 Å². The Bertz CT molecular complexity index is 594. The number of nitrogen functional groups attached to an aromatic ring is 1. The minimum Gasteiger partial charge on any atom is -0.378 e. The maximum Gasteiger partial charge on any atom is 0.353 e. The van der Waals surface area contributed by atoms with E-state index in [1.807, 2.05) is 23.6 Å². The molecule has 2 atom stereocenters. The molecule has 2 N–H and O–H groups in total. The molecule has 0 unspecified atom stereocenters. The van der Waals surface area contributed by atoms with Gasteiger partial charge in [-0.2, -0.15) is 9.97 Å². The van der Waals surface area contributed by atoms with E-state index in [0.29, 0.717) is 24.9 Å². The van der Waals surface area contributed by atoms with Gasteiger partial charge >= 0.3 is 5.69 Å². The number of hydrogen-bond acceptors (Lipinski definition) is 8. The molecule has 0 amide bonds. The van der Waals surface area contributed by atoms with Crippen molar-refractivity contribution in [2.75, 3.05) is 41.7 Å². The molecular weight excluding hydrogens is 300 g/mol. The van der Waals surface area contributed by atoms with Crippen LogP contribution in [0.4, 0.5) is 23.3 Å². The molecule has 9 nitrogen and oxygen atoms in total. The van der Waals surface area contributed by atoms with E-state index in [1.165, 1.54) is 0 Å². The Morgan fingerprint density at radius 2 is 1.78 bits per heavy atom. The number of rotatable bonds is 3. The molecule has 0 aromatic carbocycles. The summed E-state index contributed by atoms with van der Waals surface area (Å²) in [6.07, 6.45) is 2.10. The van der Waals surface area contributed by atoms with Crippen molar-refractivity contribution in [1.29, 1.82) is 0 Å². The van der Waals surface area contributed by atoms with Crippen LogP contribution in [0.3, 0.4) is 0 Å². The molecule has 3 rings (SSSR count). The number of anilines is 3. The summed E-state index contributed by atoms with van der Waals surface area (Å²) in [6.45, 7) is 6.76. The maximum absolute atomic E-state index is 11.4. The fourth-order valence-electron chi connectivity index (χ4n) is 3.26. The van der Waals surface area contributed by atoms with E-state index in [9.17, 15) is 10.1 Å². The molecule has 1 aromatic rings. The van der Waals surface area contributed by atoms with E-state index < -0.39 is 4.92 Å². The van der Waals surface area contributed by atoms with E-state index in [1.54, 1.807) is 0 Å². The zero-order valence-electron chi connectivity index (χ0n) is 13.4. The molecule has 2 aliphatic rings. The number of hydrogen-bond donors (Lipinski definition) is 1. The molecule has 0 bridgehead atoms. The molecule has 23 heavy (non-hydrogen) atoms. The Balaban J connectivity index is 2.00. The van der Waals surface area contributed by atoms with Gasteiger partial charge in [-0.25, -0.2) is 0 Å². The van der Waals surface area contributed by atoms with Crippen LogP contribution in [0.2, 0.25) is 0 Å². The molecule has 1 aromatic heterocycles. The van der Waals surface area contributed by atoms with Crippen molar-refractivity contribution in [2.24, 2.45) is 0 Å². The van der Waals surface area contributed by atoms with Crippen LogP contribution in [-0.4, -0.2) is 53.3 Å². The van der Waals surface area contributed by atoms with Crippen LogP contribution in [0, 0.1) is 10.1 Å². The molecule has 126 valence electrons. The van der Waals surface area contributed by atoms with Crippen LogP contribution in [0.25, 0.3) is 0 Å². The Morgan fingerprint density at radius 1 is 1.17 bits per heavy atom. The molecule has 2 aliphatic heterocycles. The fraction of sp³-hybridized carbons (Fsp3) is 0.714. The van der Waals surface area contributed by atoms with Crippen LogP contribution in [0.15, 0.2) is 0 Å². The second-order valence-electron chi connectivity index (χ2n) is 6.19. The summed E-state index contributed by atoms with van der Waals surface area (Å²) in [7, 11) is 0. The normalized spacial score (nSPS) is 25.0. The SMILES string of the molecule is C[C@@H]1CN(c2nc(N)c([N+](=O)[O-])c(N3CCCC3)n2)C[C@@H](C)O1. The van der Waals surface area contributed by atoms with E-state index in [-0.39, 0.29) is 23.7 Å². The van der Waals surface area contributed by atoms with E-state index in [4.69, 9.17) is 10.5 Å². The lowest BCUT2D eigenvalue weighted by Crippen LogP contribution is -2.46. The number of aromatic nitrogens is 2. The predicted molar refractivity (Wildman–Crippen MR) is 86.8 cm³/mol. The van der Waals surface area contributed by atoms with Crippen molar-refractivity contribution in [3.63, 3.8) is 0 Å². The number of nitro groups is 1. The summed E-state index contributed by atoms with van der Waals surface area (Å²) in [6, 6.07) is 0. The largest absolute Gasteiger partial charge is 0.378 e. The van der Waals surface area contributed by atoms with Gasteiger partial charge in [-0.1, -0.05) is 0 Å². The van der Waals surface area contributed by atoms with Crippen molar-refractivity contribution < 1.29 is 9.66 Å². The van der Waals surface area contributed by atoms with Gasteiger partial charge in [-0.15, -0.1) is 0 Å². The average Bonchev–Trinajstić information content (AvgIpc) is 2.98. The maximum atomic E-state index is 11.4. The van der Waals surface area contributed by atoms with Gasteiger partial charge in [-0.05, 0) is 26.7 Å². The van der Waals surface area contributed by atoms with Gasteiger partial charge in [0, 0.05) is 26.2 Å². The van der Waals surface area contributed by atoms with Crippen LogP contribution < -0.4 is 15.5 Å². The summed E-state index contributed by atoms with van der Waals surface area (Å²) >= 11 is 0. The van der Waals surface area contributed by atoms with Crippen LogP contribution in [0.1, 0.15) is 26.7 Å². The lowest BCUT2D eigenvalue weighted by molar-refractivity contribution is -0.383. The molecule has 2 fully saturated rings. The quantitative estimate of drug-likeness (QED) is 0.652. The number of morpholine rings is 1. The summed E-state index contributed by atoms with van der Waals surface area (Å²) in [5.41, 5.74) is 5.70. The van der Waals surface area contributed by atoms with Gasteiger partial charge in [0.25, 0.3) is 0 Å². The van der Waals surface area contributed by atoms with Crippen molar-refractivity contribution in [3.8, 4) is 0 Å². The first-order valence-corrected chi connectivity index (χ1v) is 7.93. The lowest BCUT2D eigenvalue weighted by atomic mass is 10.2. The second kappa shape index (κ2) is 6.15. The standard InChI is InChI=1S/C14H22N6O3/c1-9-7-19(8-10(2)23-9)14-16-12(15)11(20(21)22)13(17-14)18-5-3-4-6-18/h9-10H,3-8H2,1-2H3,(H2,15,16,17)/t9-,10-/m1/s1. The topological polar surface area (TPSA) is 111 Å². The Labute approximate surface area is 134 Å². The molecule has 0 aliphatic carbocycles. The predicted octanol–water partition coefficient (Wildman–Crippen LogP) is 1.18. The second-order valence-corrected chi connectivity index (χ2v) is 6.19. The summed E-state index contributed by atoms with van der Waals surface area (Å²) in [5.74, 6) is 0.701. The van der Waals surface area contributed by atoms with Gasteiger partial charge in [0.15, 0.2) is 0 Å². The zero-order valence-corrected chi connectivity index (χ0v) is 13.4. The Kier molecular flexibility index (Phi) is 4.20. The number of nitrogens with zero attached hydrogens (tertiary/aromatic N) is 5. The van der Waals surface area contributed by atoms with Crippen LogP contribution in [-0.2, 0) is 4.74 Å². The minimum atomic E-state index is -0.489. The molecule has 3 heterocycles. The highest BCUT2D eigenvalue weighted by atomic mass is 16.6. The summed E-state index contributed by atoms with van der Waals surface area (Å²) < 4.78 is 5.71. The highest BCUT2D eigenvalue weighted by molar-refractivity contribution is 5.71. The highest BCUT2D eigenvalue weighted by Crippen LogP contribution is 2.35. The molecule has 9 heteroatoms. The van der Waals surface area contributed by atoms with E-state index in [0.717, 1.165) is 25.9 Å². The minimum absolute atomic E-state index is 0.0500. The van der Waals surface area contributed by atoms with E-state index >= 15 is 0 Å². The first-order valence-electron chi connectivity index (χ1n) is 7.93. The monoisotopic (exact) mass is 322 g/mol. The molecule has 0 spiro atoms. The number of nitrogens with two attached hydrogens (primary N) is 1. The fourth-order valence-corrected chi connectivity index (χ4v) is 3.26. The third-order valence-electron chi connectivity index (χ3n) is 4.17.